The van der Waals surface area contributed by atoms with Crippen molar-refractivity contribution in [2.45, 2.75) is 6.04 Å². The van der Waals surface area contributed by atoms with Gasteiger partial charge in [0.25, 0.3) is 0 Å². The van der Waals surface area contributed by atoms with Gasteiger partial charge >= 0.3 is 6.03 Å². The Hall–Kier alpha value is -2.73. The number of hydrogen-bond donors (Lipinski definition) is 1. The molecule has 0 radical (unpaired) electrons. The third-order valence-corrected chi connectivity index (χ3v) is 4.36. The van der Waals surface area contributed by atoms with Gasteiger partial charge in [-0.05, 0) is 43.9 Å². The predicted molar refractivity (Wildman–Crippen MR) is 107 cm³/mol. The molecule has 0 aromatic heterocycles. The van der Waals surface area contributed by atoms with E-state index in [1.165, 1.54) is 0 Å². The van der Waals surface area contributed by atoms with E-state index in [0.29, 0.717) is 19.7 Å². The van der Waals surface area contributed by atoms with Crippen molar-refractivity contribution in [3.8, 4) is 11.5 Å². The van der Waals surface area contributed by atoms with E-state index >= 15 is 0 Å². The van der Waals surface area contributed by atoms with E-state index < -0.39 is 0 Å². The van der Waals surface area contributed by atoms with E-state index in [9.17, 15) is 4.79 Å². The van der Waals surface area contributed by atoms with Gasteiger partial charge in [-0.3, -0.25) is 0 Å². The van der Waals surface area contributed by atoms with Crippen LogP contribution in [0.5, 0.6) is 11.5 Å². The highest BCUT2D eigenvalue weighted by Crippen LogP contribution is 2.20. The summed E-state index contributed by atoms with van der Waals surface area (Å²) >= 11 is 0. The average molecular weight is 371 g/mol. The summed E-state index contributed by atoms with van der Waals surface area (Å²) in [5, 5.41) is 3.00. The second-order valence-corrected chi connectivity index (χ2v) is 6.52. The van der Waals surface area contributed by atoms with Crippen molar-refractivity contribution in [1.29, 1.82) is 0 Å². The molecule has 0 aliphatic rings. The molecule has 1 N–H and O–H groups in total. The quantitative estimate of drug-likeness (QED) is 0.736. The molecule has 0 saturated carbocycles. The summed E-state index contributed by atoms with van der Waals surface area (Å²) in [7, 11) is 7.41. The molecule has 2 aromatic rings. The SMILES string of the molecule is COc1ccc(C(CNC(=O)N(C)CCOc2ccccc2)N(C)C)cc1. The molecule has 2 aromatic carbocycles. The Morgan fingerprint density at radius 2 is 1.67 bits per heavy atom. The molecular formula is C21H29N3O3. The van der Waals surface area contributed by atoms with Gasteiger partial charge in [0.05, 0.1) is 19.7 Å². The van der Waals surface area contributed by atoms with Gasteiger partial charge in [0.15, 0.2) is 0 Å². The summed E-state index contributed by atoms with van der Waals surface area (Å²) in [5.41, 5.74) is 1.12. The lowest BCUT2D eigenvalue weighted by Gasteiger charge is -2.26. The first-order valence-corrected chi connectivity index (χ1v) is 8.98. The van der Waals surface area contributed by atoms with Crippen LogP contribution in [-0.4, -0.2) is 63.8 Å². The third kappa shape index (κ3) is 6.49. The summed E-state index contributed by atoms with van der Waals surface area (Å²) < 4.78 is 10.8. The standard InChI is InChI=1S/C21H29N3O3/c1-23(2)20(17-10-12-18(26-4)13-11-17)16-22-21(25)24(3)14-15-27-19-8-6-5-7-9-19/h5-13,20H,14-16H2,1-4H3,(H,22,25). The number of hydrogen-bond acceptors (Lipinski definition) is 4. The lowest BCUT2D eigenvalue weighted by Crippen LogP contribution is -2.42. The first-order chi connectivity index (χ1) is 13.0. The molecule has 0 aliphatic heterocycles. The summed E-state index contributed by atoms with van der Waals surface area (Å²) in [6.45, 7) is 1.47. The van der Waals surface area contributed by atoms with Crippen molar-refractivity contribution in [3.63, 3.8) is 0 Å². The van der Waals surface area contributed by atoms with Crippen molar-refractivity contribution >= 4 is 6.03 Å². The molecule has 1 unspecified atom stereocenters. The highest BCUT2D eigenvalue weighted by atomic mass is 16.5. The molecule has 6 heteroatoms. The topological polar surface area (TPSA) is 54.0 Å². The maximum atomic E-state index is 12.4. The van der Waals surface area contributed by atoms with Crippen molar-refractivity contribution in [2.75, 3.05) is 47.9 Å². The Balaban J connectivity index is 1.81. The number of carbonyl (C=O) groups is 1. The van der Waals surface area contributed by atoms with Gasteiger partial charge in [0, 0.05) is 13.6 Å². The number of urea groups is 1. The van der Waals surface area contributed by atoms with Crippen LogP contribution in [0.4, 0.5) is 4.79 Å². The van der Waals surface area contributed by atoms with Crippen molar-refractivity contribution in [1.82, 2.24) is 15.1 Å². The van der Waals surface area contributed by atoms with Gasteiger partial charge in [0.1, 0.15) is 18.1 Å². The van der Waals surface area contributed by atoms with Crippen LogP contribution in [0.3, 0.4) is 0 Å². The van der Waals surface area contributed by atoms with E-state index in [1.807, 2.05) is 68.7 Å². The molecule has 6 nitrogen and oxygen atoms in total. The zero-order valence-corrected chi connectivity index (χ0v) is 16.5. The van der Waals surface area contributed by atoms with Gasteiger partial charge in [-0.15, -0.1) is 0 Å². The minimum atomic E-state index is -0.118. The minimum absolute atomic E-state index is 0.0776. The molecule has 2 amide bonds. The van der Waals surface area contributed by atoms with Crippen molar-refractivity contribution in [2.24, 2.45) is 0 Å². The van der Waals surface area contributed by atoms with Crippen molar-refractivity contribution < 1.29 is 14.3 Å². The van der Waals surface area contributed by atoms with Gasteiger partial charge < -0.3 is 24.6 Å². The van der Waals surface area contributed by atoms with Gasteiger partial charge in [-0.25, -0.2) is 4.79 Å². The second-order valence-electron chi connectivity index (χ2n) is 6.52. The van der Waals surface area contributed by atoms with E-state index in [0.717, 1.165) is 17.1 Å². The van der Waals surface area contributed by atoms with Crippen LogP contribution in [0.1, 0.15) is 11.6 Å². The largest absolute Gasteiger partial charge is 0.497 e. The number of nitrogens with one attached hydrogen (secondary N) is 1. The highest BCUT2D eigenvalue weighted by molar-refractivity contribution is 5.73. The number of amides is 2. The predicted octanol–water partition coefficient (Wildman–Crippen LogP) is 3.02. The molecule has 0 fully saturated rings. The van der Waals surface area contributed by atoms with E-state index in [-0.39, 0.29) is 12.1 Å². The van der Waals surface area contributed by atoms with Crippen LogP contribution < -0.4 is 14.8 Å². The lowest BCUT2D eigenvalue weighted by atomic mass is 10.1. The van der Waals surface area contributed by atoms with Gasteiger partial charge in [-0.1, -0.05) is 30.3 Å². The first-order valence-electron chi connectivity index (χ1n) is 8.98. The van der Waals surface area contributed by atoms with E-state index in [4.69, 9.17) is 9.47 Å². The molecule has 0 bridgehead atoms. The zero-order valence-electron chi connectivity index (χ0n) is 16.5. The molecule has 2 rings (SSSR count). The lowest BCUT2D eigenvalue weighted by molar-refractivity contribution is 0.190. The Morgan fingerprint density at radius 1 is 1.00 bits per heavy atom. The fourth-order valence-corrected chi connectivity index (χ4v) is 2.66. The number of para-hydroxylation sites is 1. The fourth-order valence-electron chi connectivity index (χ4n) is 2.66. The summed E-state index contributed by atoms with van der Waals surface area (Å²) in [6, 6.07) is 17.4. The summed E-state index contributed by atoms with van der Waals surface area (Å²) in [6.07, 6.45) is 0. The number of ether oxygens (including phenoxy) is 2. The van der Waals surface area contributed by atoms with Gasteiger partial charge in [0.2, 0.25) is 0 Å². The normalized spacial score (nSPS) is 11.7. The molecule has 0 saturated heterocycles. The van der Waals surface area contributed by atoms with E-state index in [1.54, 1.807) is 19.1 Å². The highest BCUT2D eigenvalue weighted by Gasteiger charge is 2.17. The molecule has 27 heavy (non-hydrogen) atoms. The number of carbonyl (C=O) groups excluding carboxylic acids is 1. The number of methoxy groups -OCH3 is 1. The first kappa shape index (κ1) is 20.6. The average Bonchev–Trinajstić information content (AvgIpc) is 2.69. The number of rotatable bonds is 9. The van der Waals surface area contributed by atoms with Crippen molar-refractivity contribution in [3.05, 3.63) is 60.2 Å². The molecule has 0 aliphatic carbocycles. The summed E-state index contributed by atoms with van der Waals surface area (Å²) in [4.78, 5) is 16.1. The Morgan fingerprint density at radius 3 is 2.26 bits per heavy atom. The number of benzene rings is 2. The maximum absolute atomic E-state index is 12.4. The minimum Gasteiger partial charge on any atom is -0.497 e. The van der Waals surface area contributed by atoms with E-state index in [2.05, 4.69) is 10.2 Å². The van der Waals surface area contributed by atoms with Crippen LogP contribution in [0.15, 0.2) is 54.6 Å². The Bertz CT molecular complexity index is 690. The smallest absolute Gasteiger partial charge is 0.317 e. The zero-order chi connectivity index (χ0) is 19.6. The second kappa shape index (κ2) is 10.4. The fraction of sp³-hybridized carbons (Fsp3) is 0.381. The van der Waals surface area contributed by atoms with Crippen LogP contribution in [0, 0.1) is 0 Å². The molecule has 1 atom stereocenters. The molecule has 146 valence electrons. The molecular weight excluding hydrogens is 342 g/mol. The monoisotopic (exact) mass is 371 g/mol. The Kier molecular flexibility index (Phi) is 7.95. The Labute approximate surface area is 161 Å². The number of likely N-dealkylation sites (N-methyl/N-ethyl adjacent to an activating group) is 2. The summed E-state index contributed by atoms with van der Waals surface area (Å²) in [5.74, 6) is 1.62. The van der Waals surface area contributed by atoms with Crippen LogP contribution in [-0.2, 0) is 0 Å². The third-order valence-electron chi connectivity index (χ3n) is 4.36. The van der Waals surface area contributed by atoms with Gasteiger partial charge in [-0.2, -0.15) is 0 Å². The maximum Gasteiger partial charge on any atom is 0.317 e. The molecule has 0 heterocycles. The number of nitrogens with zero attached hydrogens (tertiary/aromatic N) is 2. The molecule has 0 spiro atoms. The van der Waals surface area contributed by atoms with Crippen LogP contribution >= 0.6 is 0 Å². The van der Waals surface area contributed by atoms with Crippen LogP contribution in [0.25, 0.3) is 0 Å². The van der Waals surface area contributed by atoms with Crippen LogP contribution in [0.2, 0.25) is 0 Å².